The van der Waals surface area contributed by atoms with Gasteiger partial charge in [-0.15, -0.1) is 6.58 Å². The summed E-state index contributed by atoms with van der Waals surface area (Å²) in [4.78, 5) is 0.186. The lowest BCUT2D eigenvalue weighted by Gasteiger charge is -2.09. The Bertz CT molecular complexity index is 1150. The number of hydrogen-bond donors (Lipinski definition) is 1. The van der Waals surface area contributed by atoms with Crippen molar-refractivity contribution < 1.29 is 22.7 Å². The van der Waals surface area contributed by atoms with Crippen LogP contribution in [0.2, 0.25) is 0 Å². The molecule has 0 bridgehead atoms. The van der Waals surface area contributed by atoms with Crippen molar-refractivity contribution in [3.63, 3.8) is 0 Å². The standard InChI is InChI=1S/C21H21FN2O4S/c1-4-11-24-18(13-25)20(15-7-10-19(28-2)17(22)12-15)21(23-24)14-5-8-16(9-6-14)29(3,26)27/h4-10,12,25H,1,11,13H2,2-3H3. The van der Waals surface area contributed by atoms with Gasteiger partial charge in [-0.2, -0.15) is 5.10 Å². The molecule has 6 nitrogen and oxygen atoms in total. The first-order valence-corrected chi connectivity index (χ1v) is 10.6. The largest absolute Gasteiger partial charge is 0.494 e. The number of aliphatic hydroxyl groups excluding tert-OH is 1. The lowest BCUT2D eigenvalue weighted by Crippen LogP contribution is -2.03. The van der Waals surface area contributed by atoms with Crippen molar-refractivity contribution in [1.82, 2.24) is 9.78 Å². The molecule has 0 fully saturated rings. The Kier molecular flexibility index (Phi) is 5.86. The summed E-state index contributed by atoms with van der Waals surface area (Å²) >= 11 is 0. The van der Waals surface area contributed by atoms with E-state index < -0.39 is 15.7 Å². The number of benzene rings is 2. The van der Waals surface area contributed by atoms with Crippen LogP contribution in [-0.4, -0.2) is 36.7 Å². The van der Waals surface area contributed by atoms with Gasteiger partial charge in [-0.1, -0.05) is 24.3 Å². The maximum atomic E-state index is 14.3. The molecule has 0 unspecified atom stereocenters. The van der Waals surface area contributed by atoms with Crippen molar-refractivity contribution in [1.29, 1.82) is 0 Å². The van der Waals surface area contributed by atoms with Crippen LogP contribution in [0.15, 0.2) is 60.0 Å². The van der Waals surface area contributed by atoms with Crippen molar-refractivity contribution in [3.8, 4) is 28.1 Å². The molecule has 3 aromatic rings. The van der Waals surface area contributed by atoms with E-state index in [0.29, 0.717) is 34.6 Å². The Balaban J connectivity index is 2.24. The smallest absolute Gasteiger partial charge is 0.175 e. The SMILES string of the molecule is C=CCn1nc(-c2ccc(S(C)(=O)=O)cc2)c(-c2ccc(OC)c(F)c2)c1CO. The summed E-state index contributed by atoms with van der Waals surface area (Å²) in [6.45, 7) is 3.74. The van der Waals surface area contributed by atoms with Crippen molar-refractivity contribution in [3.05, 3.63) is 66.6 Å². The van der Waals surface area contributed by atoms with Gasteiger partial charge in [-0.05, 0) is 29.8 Å². The Morgan fingerprint density at radius 3 is 2.38 bits per heavy atom. The number of ether oxygens (including phenoxy) is 1. The normalized spacial score (nSPS) is 11.4. The predicted molar refractivity (Wildman–Crippen MR) is 109 cm³/mol. The second-order valence-corrected chi connectivity index (χ2v) is 8.46. The van der Waals surface area contributed by atoms with Gasteiger partial charge in [0.05, 0.1) is 30.9 Å². The molecular weight excluding hydrogens is 395 g/mol. The lowest BCUT2D eigenvalue weighted by molar-refractivity contribution is 0.270. The Labute approximate surface area is 168 Å². The molecule has 0 amide bonds. The summed E-state index contributed by atoms with van der Waals surface area (Å²) in [7, 11) is -1.95. The van der Waals surface area contributed by atoms with E-state index in [0.717, 1.165) is 6.26 Å². The molecule has 8 heteroatoms. The molecular formula is C21H21FN2O4S. The van der Waals surface area contributed by atoms with Crippen LogP contribution in [-0.2, 0) is 23.0 Å². The molecule has 152 valence electrons. The van der Waals surface area contributed by atoms with Crippen molar-refractivity contribution in [2.75, 3.05) is 13.4 Å². The molecule has 0 aliphatic heterocycles. The zero-order valence-electron chi connectivity index (χ0n) is 16.1. The first-order chi connectivity index (χ1) is 13.8. The number of sulfone groups is 1. The Hall–Kier alpha value is -2.97. The summed E-state index contributed by atoms with van der Waals surface area (Å²) in [5.74, 6) is -0.430. The molecule has 0 aliphatic rings. The fourth-order valence-corrected chi connectivity index (χ4v) is 3.75. The van der Waals surface area contributed by atoms with E-state index in [4.69, 9.17) is 4.74 Å². The zero-order valence-corrected chi connectivity index (χ0v) is 16.9. The van der Waals surface area contributed by atoms with Crippen LogP contribution in [0.1, 0.15) is 5.69 Å². The van der Waals surface area contributed by atoms with Crippen LogP contribution in [0, 0.1) is 5.82 Å². The Morgan fingerprint density at radius 2 is 1.86 bits per heavy atom. The van der Waals surface area contributed by atoms with Gasteiger partial charge in [-0.3, -0.25) is 4.68 Å². The topological polar surface area (TPSA) is 81.4 Å². The van der Waals surface area contributed by atoms with Gasteiger partial charge in [-0.25, -0.2) is 12.8 Å². The van der Waals surface area contributed by atoms with Crippen LogP contribution in [0.25, 0.3) is 22.4 Å². The van der Waals surface area contributed by atoms with Crippen molar-refractivity contribution >= 4 is 9.84 Å². The highest BCUT2D eigenvalue weighted by molar-refractivity contribution is 7.90. The minimum atomic E-state index is -3.34. The van der Waals surface area contributed by atoms with E-state index in [1.54, 1.807) is 29.0 Å². The quantitative estimate of drug-likeness (QED) is 0.597. The second kappa shape index (κ2) is 8.18. The third-order valence-electron chi connectivity index (χ3n) is 4.51. The fourth-order valence-electron chi connectivity index (χ4n) is 3.12. The highest BCUT2D eigenvalue weighted by Gasteiger charge is 2.21. The maximum absolute atomic E-state index is 14.3. The van der Waals surface area contributed by atoms with Crippen molar-refractivity contribution in [2.24, 2.45) is 0 Å². The first kappa shape index (κ1) is 20.8. The van der Waals surface area contributed by atoms with Gasteiger partial charge < -0.3 is 9.84 Å². The van der Waals surface area contributed by atoms with Gasteiger partial charge in [0.15, 0.2) is 21.4 Å². The van der Waals surface area contributed by atoms with Crippen molar-refractivity contribution in [2.45, 2.75) is 18.0 Å². The highest BCUT2D eigenvalue weighted by atomic mass is 32.2. The fraction of sp³-hybridized carbons (Fsp3) is 0.190. The lowest BCUT2D eigenvalue weighted by atomic mass is 9.98. The molecule has 3 rings (SSSR count). The monoisotopic (exact) mass is 416 g/mol. The molecule has 29 heavy (non-hydrogen) atoms. The van der Waals surface area contributed by atoms with E-state index in [2.05, 4.69) is 11.7 Å². The van der Waals surface area contributed by atoms with Gasteiger partial charge in [0.25, 0.3) is 0 Å². The van der Waals surface area contributed by atoms with Gasteiger partial charge in [0.1, 0.15) is 5.69 Å². The molecule has 0 atom stereocenters. The first-order valence-electron chi connectivity index (χ1n) is 8.76. The molecule has 0 saturated carbocycles. The summed E-state index contributed by atoms with van der Waals surface area (Å²) < 4.78 is 44.4. The molecule has 0 radical (unpaired) electrons. The van der Waals surface area contributed by atoms with Crippen LogP contribution in [0.3, 0.4) is 0 Å². The van der Waals surface area contributed by atoms with E-state index in [9.17, 15) is 17.9 Å². The number of hydrogen-bond acceptors (Lipinski definition) is 5. The minimum absolute atomic E-state index is 0.108. The van der Waals surface area contributed by atoms with Crippen LogP contribution in [0.5, 0.6) is 5.75 Å². The molecule has 1 heterocycles. The zero-order chi connectivity index (χ0) is 21.2. The predicted octanol–water partition coefficient (Wildman–Crippen LogP) is 3.45. The number of aromatic nitrogens is 2. The van der Waals surface area contributed by atoms with E-state index in [-0.39, 0.29) is 17.3 Å². The summed E-state index contributed by atoms with van der Waals surface area (Å²) in [5, 5.41) is 14.5. The molecule has 1 aromatic heterocycles. The summed E-state index contributed by atoms with van der Waals surface area (Å²) in [6, 6.07) is 10.8. The van der Waals surface area contributed by atoms with E-state index >= 15 is 0 Å². The van der Waals surface area contributed by atoms with Crippen LogP contribution in [0.4, 0.5) is 4.39 Å². The third kappa shape index (κ3) is 4.08. The van der Waals surface area contributed by atoms with Gasteiger partial charge >= 0.3 is 0 Å². The van der Waals surface area contributed by atoms with Gasteiger partial charge in [0, 0.05) is 17.4 Å². The number of allylic oxidation sites excluding steroid dienone is 1. The molecule has 0 spiro atoms. The summed E-state index contributed by atoms with van der Waals surface area (Å²) in [6.07, 6.45) is 2.78. The Morgan fingerprint density at radius 1 is 1.21 bits per heavy atom. The van der Waals surface area contributed by atoms with E-state index in [1.165, 1.54) is 31.4 Å². The molecule has 0 aliphatic carbocycles. The number of methoxy groups -OCH3 is 1. The molecule has 0 saturated heterocycles. The van der Waals surface area contributed by atoms with Crippen LogP contribution < -0.4 is 4.74 Å². The summed E-state index contributed by atoms with van der Waals surface area (Å²) in [5.41, 5.74) is 2.71. The average molecular weight is 416 g/mol. The molecule has 2 aromatic carbocycles. The number of aliphatic hydroxyl groups is 1. The maximum Gasteiger partial charge on any atom is 0.175 e. The number of halogens is 1. The van der Waals surface area contributed by atoms with Crippen LogP contribution >= 0.6 is 0 Å². The minimum Gasteiger partial charge on any atom is -0.494 e. The van der Waals surface area contributed by atoms with E-state index in [1.807, 2.05) is 0 Å². The number of nitrogens with zero attached hydrogens (tertiary/aromatic N) is 2. The third-order valence-corrected chi connectivity index (χ3v) is 5.63. The highest BCUT2D eigenvalue weighted by Crippen LogP contribution is 2.36. The average Bonchev–Trinajstić information content (AvgIpc) is 3.06. The van der Waals surface area contributed by atoms with Gasteiger partial charge in [0.2, 0.25) is 0 Å². The second-order valence-electron chi connectivity index (χ2n) is 6.45. The number of rotatable bonds is 7. The molecule has 1 N–H and O–H groups in total.